The fourth-order valence-corrected chi connectivity index (χ4v) is 3.51. The Bertz CT molecular complexity index is 655. The van der Waals surface area contributed by atoms with Gasteiger partial charge in [-0.15, -0.1) is 0 Å². The van der Waals surface area contributed by atoms with Crippen molar-refractivity contribution in [1.29, 1.82) is 5.26 Å². The van der Waals surface area contributed by atoms with Crippen molar-refractivity contribution in [3.8, 4) is 6.07 Å². The lowest BCUT2D eigenvalue weighted by Crippen LogP contribution is -2.43. The number of aryl methyl sites for hydroxylation is 1. The zero-order chi connectivity index (χ0) is 16.9. The van der Waals surface area contributed by atoms with Gasteiger partial charge in [-0.1, -0.05) is 24.6 Å². The second-order valence-corrected chi connectivity index (χ2v) is 7.37. The third kappa shape index (κ3) is 4.50. The third-order valence-corrected chi connectivity index (χ3v) is 5.34. The minimum absolute atomic E-state index is 0.0483. The van der Waals surface area contributed by atoms with Crippen LogP contribution in [0.3, 0.4) is 0 Å². The highest BCUT2D eigenvalue weighted by atomic mass is 32.2. The summed E-state index contributed by atoms with van der Waals surface area (Å²) in [4.78, 5) is 0. The Morgan fingerprint density at radius 1 is 1.41 bits per heavy atom. The molecule has 0 radical (unpaired) electrons. The van der Waals surface area contributed by atoms with Crippen molar-refractivity contribution in [2.24, 2.45) is 5.92 Å². The van der Waals surface area contributed by atoms with Gasteiger partial charge in [0.05, 0.1) is 12.0 Å². The molecular weight excluding hydrogens is 305 g/mol. The molecule has 0 aliphatic heterocycles. The number of hydrogen-bond donors (Lipinski definition) is 0. The number of nitrogens with zero attached hydrogens (tertiary/aromatic N) is 3. The summed E-state index contributed by atoms with van der Waals surface area (Å²) in [7, 11) is -2.32. The predicted molar refractivity (Wildman–Crippen MR) is 83.5 cm³/mol. The van der Waals surface area contributed by atoms with E-state index in [4.69, 9.17) is 5.26 Å². The fraction of sp³-hybridized carbons (Fsp3) is 0.533. The number of benzene rings is 1. The molecule has 0 N–H and O–H groups in total. The van der Waals surface area contributed by atoms with Gasteiger partial charge in [0.1, 0.15) is 5.82 Å². The molecule has 0 unspecified atom stereocenters. The third-order valence-electron chi connectivity index (χ3n) is 3.36. The number of halogens is 1. The topological polar surface area (TPSA) is 64.4 Å². The van der Waals surface area contributed by atoms with Crippen LogP contribution in [-0.2, 0) is 16.8 Å². The summed E-state index contributed by atoms with van der Waals surface area (Å²) in [6.07, 6.45) is 0. The minimum atomic E-state index is -3.74. The summed E-state index contributed by atoms with van der Waals surface area (Å²) in [5, 5.41) is 8.85. The van der Waals surface area contributed by atoms with Crippen LogP contribution in [0, 0.1) is 30.0 Å². The maximum Gasteiger partial charge on any atom is 0.282 e. The van der Waals surface area contributed by atoms with E-state index in [2.05, 4.69) is 0 Å². The van der Waals surface area contributed by atoms with Crippen molar-refractivity contribution in [1.82, 2.24) is 8.61 Å². The lowest BCUT2D eigenvalue weighted by atomic mass is 10.1. The van der Waals surface area contributed by atoms with Gasteiger partial charge in [0, 0.05) is 32.2 Å². The standard InChI is InChI=1S/C15H22FN3O2S/c1-5-19(10-13(3)9-17)22(20,21)18(4)11-14-8-12(2)6-7-15(14)16/h6-8,13H,5,10-11H2,1-4H3/t13-/m1/s1. The van der Waals surface area contributed by atoms with Crippen molar-refractivity contribution in [2.45, 2.75) is 27.3 Å². The Morgan fingerprint density at radius 2 is 2.05 bits per heavy atom. The predicted octanol–water partition coefficient (Wildman–Crippen LogP) is 2.29. The highest BCUT2D eigenvalue weighted by Gasteiger charge is 2.27. The van der Waals surface area contributed by atoms with Crippen LogP contribution in [0.5, 0.6) is 0 Å². The van der Waals surface area contributed by atoms with Crippen molar-refractivity contribution in [3.05, 3.63) is 35.1 Å². The molecule has 1 aromatic carbocycles. The van der Waals surface area contributed by atoms with E-state index in [1.54, 1.807) is 26.0 Å². The van der Waals surface area contributed by atoms with Crippen LogP contribution in [0.25, 0.3) is 0 Å². The average molecular weight is 327 g/mol. The molecule has 0 heterocycles. The zero-order valence-electron chi connectivity index (χ0n) is 13.4. The zero-order valence-corrected chi connectivity index (χ0v) is 14.2. The van der Waals surface area contributed by atoms with Crippen LogP contribution >= 0.6 is 0 Å². The van der Waals surface area contributed by atoms with Crippen LogP contribution in [-0.4, -0.2) is 37.2 Å². The summed E-state index contributed by atoms with van der Waals surface area (Å²) >= 11 is 0. The second kappa shape index (κ2) is 7.68. The van der Waals surface area contributed by atoms with E-state index in [1.165, 1.54) is 17.4 Å². The van der Waals surface area contributed by atoms with Crippen LogP contribution in [0.15, 0.2) is 18.2 Å². The van der Waals surface area contributed by atoms with Gasteiger partial charge < -0.3 is 0 Å². The van der Waals surface area contributed by atoms with Crippen molar-refractivity contribution in [2.75, 3.05) is 20.1 Å². The fourth-order valence-electron chi connectivity index (χ4n) is 2.08. The Labute approximate surface area is 132 Å². The van der Waals surface area contributed by atoms with Gasteiger partial charge in [0.25, 0.3) is 10.2 Å². The van der Waals surface area contributed by atoms with Crippen molar-refractivity contribution < 1.29 is 12.8 Å². The second-order valence-electron chi connectivity index (χ2n) is 5.34. The highest BCUT2D eigenvalue weighted by molar-refractivity contribution is 7.86. The monoisotopic (exact) mass is 327 g/mol. The number of rotatable bonds is 7. The summed E-state index contributed by atoms with van der Waals surface area (Å²) in [6, 6.07) is 6.63. The molecular formula is C15H22FN3O2S. The van der Waals surface area contributed by atoms with Gasteiger partial charge in [-0.2, -0.15) is 22.3 Å². The molecule has 0 aliphatic carbocycles. The molecule has 0 amide bonds. The first-order chi connectivity index (χ1) is 10.2. The summed E-state index contributed by atoms with van der Waals surface area (Å²) < 4.78 is 41.2. The van der Waals surface area contributed by atoms with E-state index in [9.17, 15) is 12.8 Å². The minimum Gasteiger partial charge on any atom is -0.207 e. The molecule has 1 atom stereocenters. The highest BCUT2D eigenvalue weighted by Crippen LogP contribution is 2.16. The van der Waals surface area contributed by atoms with Crippen molar-refractivity contribution in [3.63, 3.8) is 0 Å². The Kier molecular flexibility index (Phi) is 6.48. The summed E-state index contributed by atoms with van der Waals surface area (Å²) in [5.41, 5.74) is 1.20. The van der Waals surface area contributed by atoms with Gasteiger partial charge in [-0.3, -0.25) is 0 Å². The molecule has 22 heavy (non-hydrogen) atoms. The molecule has 1 aromatic rings. The Balaban J connectivity index is 2.96. The molecule has 0 fully saturated rings. The molecule has 0 saturated carbocycles. The first-order valence-electron chi connectivity index (χ1n) is 7.08. The van der Waals surface area contributed by atoms with Gasteiger partial charge in [-0.25, -0.2) is 4.39 Å². The molecule has 5 nitrogen and oxygen atoms in total. The normalized spacial score (nSPS) is 13.4. The molecule has 0 saturated heterocycles. The van der Waals surface area contributed by atoms with Crippen LogP contribution in [0.1, 0.15) is 25.0 Å². The largest absolute Gasteiger partial charge is 0.282 e. The van der Waals surface area contributed by atoms with E-state index in [1.807, 2.05) is 13.0 Å². The lowest BCUT2D eigenvalue weighted by Gasteiger charge is -2.27. The Hall–Kier alpha value is -1.49. The molecule has 7 heteroatoms. The summed E-state index contributed by atoms with van der Waals surface area (Å²) in [5.74, 6) is -0.833. The number of nitriles is 1. The maximum atomic E-state index is 13.8. The first kappa shape index (κ1) is 18.6. The number of hydrogen-bond acceptors (Lipinski definition) is 3. The van der Waals surface area contributed by atoms with Gasteiger partial charge >= 0.3 is 0 Å². The van der Waals surface area contributed by atoms with E-state index in [0.29, 0.717) is 5.56 Å². The van der Waals surface area contributed by atoms with E-state index in [-0.39, 0.29) is 19.6 Å². The van der Waals surface area contributed by atoms with E-state index >= 15 is 0 Å². The van der Waals surface area contributed by atoms with Gasteiger partial charge in [0.2, 0.25) is 0 Å². The Morgan fingerprint density at radius 3 is 2.59 bits per heavy atom. The lowest BCUT2D eigenvalue weighted by molar-refractivity contribution is 0.348. The molecule has 0 spiro atoms. The van der Waals surface area contributed by atoms with E-state index < -0.39 is 21.9 Å². The van der Waals surface area contributed by atoms with Gasteiger partial charge in [-0.05, 0) is 19.9 Å². The SMILES string of the molecule is CCN(C[C@H](C)C#N)S(=O)(=O)N(C)Cc1cc(C)ccc1F. The quantitative estimate of drug-likeness (QED) is 0.772. The van der Waals surface area contributed by atoms with Crippen molar-refractivity contribution >= 4 is 10.2 Å². The molecule has 0 aliphatic rings. The van der Waals surface area contributed by atoms with Crippen LogP contribution in [0.2, 0.25) is 0 Å². The van der Waals surface area contributed by atoms with Gasteiger partial charge in [0.15, 0.2) is 0 Å². The first-order valence-corrected chi connectivity index (χ1v) is 8.48. The summed E-state index contributed by atoms with van der Waals surface area (Å²) in [6.45, 7) is 5.53. The van der Waals surface area contributed by atoms with Crippen LogP contribution in [0.4, 0.5) is 4.39 Å². The molecule has 1 rings (SSSR count). The molecule has 122 valence electrons. The smallest absolute Gasteiger partial charge is 0.207 e. The average Bonchev–Trinajstić information content (AvgIpc) is 2.47. The maximum absolute atomic E-state index is 13.8. The molecule has 0 bridgehead atoms. The van der Waals surface area contributed by atoms with Crippen LogP contribution < -0.4 is 0 Å². The molecule has 0 aromatic heterocycles. The van der Waals surface area contributed by atoms with E-state index in [0.717, 1.165) is 9.87 Å².